The van der Waals surface area contributed by atoms with Crippen molar-refractivity contribution < 1.29 is 5.11 Å². The number of nitrogens with one attached hydrogen (secondary N) is 1. The van der Waals surface area contributed by atoms with Gasteiger partial charge >= 0.3 is 0 Å². The minimum atomic E-state index is -0.631. The molecule has 1 atom stereocenters. The average Bonchev–Trinajstić information content (AvgIpc) is 2.12. The largest absolute Gasteiger partial charge is 0.385 e. The molecule has 44 valence electrons. The van der Waals surface area contributed by atoms with E-state index in [0.29, 0.717) is 5.82 Å². The van der Waals surface area contributed by atoms with Gasteiger partial charge in [-0.15, -0.1) is 10.2 Å². The second kappa shape index (κ2) is 1.87. The number of aliphatic hydroxyl groups excluding tert-OH is 1. The van der Waals surface area contributed by atoms with Gasteiger partial charge in [0, 0.05) is 0 Å². The topological polar surface area (TPSA) is 74.7 Å². The highest BCUT2D eigenvalue weighted by molar-refractivity contribution is 4.78. The summed E-state index contributed by atoms with van der Waals surface area (Å²) in [6.45, 7) is 1.57. The molecule has 1 heterocycles. The predicted octanol–water partition coefficient (Wildman–Crippen LogP) is -0.747. The first kappa shape index (κ1) is 5.17. The van der Waals surface area contributed by atoms with Gasteiger partial charge in [0.05, 0.1) is 0 Å². The maximum absolute atomic E-state index is 8.73. The molecule has 2 N–H and O–H groups in total. The lowest BCUT2D eigenvalue weighted by Crippen LogP contribution is -1.92. The fourth-order valence-electron chi connectivity index (χ4n) is 0.347. The number of nitrogens with zero attached hydrogens (tertiary/aromatic N) is 3. The third-order valence-corrected chi connectivity index (χ3v) is 0.735. The fraction of sp³-hybridized carbons (Fsp3) is 0.667. The van der Waals surface area contributed by atoms with Gasteiger partial charge in [-0.3, -0.25) is 0 Å². The zero-order valence-corrected chi connectivity index (χ0v) is 4.37. The van der Waals surface area contributed by atoms with Crippen LogP contribution in [0.1, 0.15) is 18.9 Å². The average molecular weight is 114 g/mol. The van der Waals surface area contributed by atoms with E-state index in [1.807, 2.05) is 0 Å². The van der Waals surface area contributed by atoms with Crippen LogP contribution in [-0.2, 0) is 0 Å². The number of hydrogen-bond acceptors (Lipinski definition) is 4. The highest BCUT2D eigenvalue weighted by Crippen LogP contribution is 1.99. The Morgan fingerprint density at radius 3 is 2.75 bits per heavy atom. The number of H-pyrrole nitrogens is 1. The Labute approximate surface area is 45.7 Å². The van der Waals surface area contributed by atoms with Crippen molar-refractivity contribution in [3.05, 3.63) is 5.82 Å². The zero-order chi connectivity index (χ0) is 5.98. The molecule has 1 aromatic rings. The number of hydrogen-bond donors (Lipinski definition) is 2. The van der Waals surface area contributed by atoms with Crippen LogP contribution in [0, 0.1) is 0 Å². The Hall–Kier alpha value is -0.970. The smallest absolute Gasteiger partial charge is 0.202 e. The van der Waals surface area contributed by atoms with Crippen LogP contribution in [0.25, 0.3) is 0 Å². The van der Waals surface area contributed by atoms with Gasteiger partial charge in [-0.05, 0) is 6.92 Å². The van der Waals surface area contributed by atoms with Crippen LogP contribution in [0.15, 0.2) is 0 Å². The van der Waals surface area contributed by atoms with Crippen LogP contribution in [0.2, 0.25) is 0 Å². The molecule has 0 aliphatic carbocycles. The van der Waals surface area contributed by atoms with E-state index in [1.165, 1.54) is 0 Å². The Bertz CT molecular complexity index is 146. The highest BCUT2D eigenvalue weighted by atomic mass is 16.3. The number of tetrazole rings is 1. The second-order valence-electron chi connectivity index (χ2n) is 1.45. The van der Waals surface area contributed by atoms with Crippen molar-refractivity contribution in [3.63, 3.8) is 0 Å². The van der Waals surface area contributed by atoms with Crippen LogP contribution >= 0.6 is 0 Å². The van der Waals surface area contributed by atoms with Crippen LogP contribution in [0.4, 0.5) is 0 Å². The van der Waals surface area contributed by atoms with Crippen LogP contribution in [-0.4, -0.2) is 25.7 Å². The molecule has 0 bridgehead atoms. The molecule has 0 aliphatic rings. The molecule has 0 fully saturated rings. The number of aromatic nitrogens is 4. The first-order chi connectivity index (χ1) is 3.80. The van der Waals surface area contributed by atoms with Crippen molar-refractivity contribution in [3.8, 4) is 0 Å². The third kappa shape index (κ3) is 0.812. The van der Waals surface area contributed by atoms with Crippen molar-refractivity contribution in [2.45, 2.75) is 13.0 Å². The molecule has 0 spiro atoms. The van der Waals surface area contributed by atoms with E-state index in [4.69, 9.17) is 5.11 Å². The maximum Gasteiger partial charge on any atom is 0.202 e. The zero-order valence-electron chi connectivity index (χ0n) is 4.37. The molecule has 0 amide bonds. The van der Waals surface area contributed by atoms with Gasteiger partial charge in [-0.2, -0.15) is 5.21 Å². The molecule has 1 rings (SSSR count). The van der Waals surface area contributed by atoms with Crippen LogP contribution in [0.3, 0.4) is 0 Å². The molecule has 0 unspecified atom stereocenters. The highest BCUT2D eigenvalue weighted by Gasteiger charge is 2.02. The van der Waals surface area contributed by atoms with E-state index < -0.39 is 6.10 Å². The normalized spacial score (nSPS) is 13.8. The van der Waals surface area contributed by atoms with Gasteiger partial charge in [0.1, 0.15) is 6.10 Å². The van der Waals surface area contributed by atoms with Crippen LogP contribution < -0.4 is 0 Å². The summed E-state index contributed by atoms with van der Waals surface area (Å²) in [6, 6.07) is 0. The first-order valence-electron chi connectivity index (χ1n) is 2.22. The van der Waals surface area contributed by atoms with Gasteiger partial charge in [-0.25, -0.2) is 0 Å². The Morgan fingerprint density at radius 2 is 2.50 bits per heavy atom. The maximum atomic E-state index is 8.73. The summed E-state index contributed by atoms with van der Waals surface area (Å²) in [5, 5.41) is 21.2. The minimum Gasteiger partial charge on any atom is -0.385 e. The quantitative estimate of drug-likeness (QED) is 0.504. The lowest BCUT2D eigenvalue weighted by molar-refractivity contribution is 0.189. The molecule has 1 aromatic heterocycles. The van der Waals surface area contributed by atoms with Crippen molar-refractivity contribution in [1.29, 1.82) is 0 Å². The van der Waals surface area contributed by atoms with E-state index in [2.05, 4.69) is 20.6 Å². The number of aromatic amines is 1. The van der Waals surface area contributed by atoms with Gasteiger partial charge in [-0.1, -0.05) is 5.21 Å². The molecule has 8 heavy (non-hydrogen) atoms. The lowest BCUT2D eigenvalue weighted by Gasteiger charge is -1.90. The molecular weight excluding hydrogens is 108 g/mol. The molecule has 0 saturated heterocycles. The Morgan fingerprint density at radius 1 is 1.75 bits per heavy atom. The van der Waals surface area contributed by atoms with Crippen molar-refractivity contribution >= 4 is 0 Å². The van der Waals surface area contributed by atoms with Crippen molar-refractivity contribution in [2.75, 3.05) is 0 Å². The second-order valence-corrected chi connectivity index (χ2v) is 1.45. The summed E-state index contributed by atoms with van der Waals surface area (Å²) < 4.78 is 0. The Kier molecular flexibility index (Phi) is 1.21. The molecule has 0 radical (unpaired) electrons. The summed E-state index contributed by atoms with van der Waals surface area (Å²) in [4.78, 5) is 0. The van der Waals surface area contributed by atoms with Gasteiger partial charge in [0.25, 0.3) is 0 Å². The standard InChI is InChI=1S/C3H6N4O/c1-2(8)3-4-6-7-5-3/h2,8H,1H3,(H,4,5,6,7)/t2-/m1/s1. The first-order valence-corrected chi connectivity index (χ1v) is 2.22. The molecular formula is C3H6N4O. The molecule has 0 aromatic carbocycles. The van der Waals surface area contributed by atoms with Gasteiger partial charge in [0.15, 0.2) is 0 Å². The van der Waals surface area contributed by atoms with Gasteiger partial charge in [0.2, 0.25) is 5.82 Å². The van der Waals surface area contributed by atoms with Crippen molar-refractivity contribution in [2.24, 2.45) is 0 Å². The van der Waals surface area contributed by atoms with E-state index in [0.717, 1.165) is 0 Å². The molecule has 5 nitrogen and oxygen atoms in total. The monoisotopic (exact) mass is 114 g/mol. The van der Waals surface area contributed by atoms with E-state index in [1.54, 1.807) is 6.92 Å². The lowest BCUT2D eigenvalue weighted by atomic mass is 10.4. The van der Waals surface area contributed by atoms with E-state index in [9.17, 15) is 0 Å². The summed E-state index contributed by atoms with van der Waals surface area (Å²) in [5.41, 5.74) is 0. The summed E-state index contributed by atoms with van der Waals surface area (Å²) >= 11 is 0. The van der Waals surface area contributed by atoms with Crippen LogP contribution in [0.5, 0.6) is 0 Å². The summed E-state index contributed by atoms with van der Waals surface area (Å²) in [5.74, 6) is 0.324. The predicted molar refractivity (Wildman–Crippen MR) is 24.8 cm³/mol. The fourth-order valence-corrected chi connectivity index (χ4v) is 0.347. The van der Waals surface area contributed by atoms with E-state index >= 15 is 0 Å². The SMILES string of the molecule is C[C@@H](O)c1nn[nH]n1. The number of aliphatic hydroxyl groups is 1. The molecule has 5 heteroatoms. The summed E-state index contributed by atoms with van der Waals surface area (Å²) in [6.07, 6.45) is -0.631. The summed E-state index contributed by atoms with van der Waals surface area (Å²) in [7, 11) is 0. The molecule has 0 aliphatic heterocycles. The van der Waals surface area contributed by atoms with E-state index in [-0.39, 0.29) is 0 Å². The van der Waals surface area contributed by atoms with Crippen molar-refractivity contribution in [1.82, 2.24) is 20.6 Å². The molecule has 0 saturated carbocycles. The van der Waals surface area contributed by atoms with Gasteiger partial charge < -0.3 is 5.11 Å². The Balaban J connectivity index is 2.77. The third-order valence-electron chi connectivity index (χ3n) is 0.735. The minimum absolute atomic E-state index is 0.324. The number of rotatable bonds is 1.